The third-order valence-electron chi connectivity index (χ3n) is 5.41. The molecule has 3 nitrogen and oxygen atoms in total. The third kappa shape index (κ3) is 2.21. The SMILES string of the molecule is CC(C)N1CC2CN(C3CN(C(C)C)C3)CC2C1. The molecule has 2 unspecified atom stereocenters. The van der Waals surface area contributed by atoms with Crippen molar-refractivity contribution in [1.82, 2.24) is 14.7 Å². The standard InChI is InChI=1S/C15H29N3/c1-11(2)16-5-13-7-18(8-14(13)6-16)15-9-17(10-15)12(3)4/h11-15H,5-10H2,1-4H3. The van der Waals surface area contributed by atoms with E-state index in [0.717, 1.165) is 30.0 Å². The maximum absolute atomic E-state index is 2.78. The van der Waals surface area contributed by atoms with E-state index in [1.807, 2.05) is 0 Å². The Labute approximate surface area is 112 Å². The normalized spacial score (nSPS) is 35.7. The summed E-state index contributed by atoms with van der Waals surface area (Å²) in [6.45, 7) is 17.4. The summed E-state index contributed by atoms with van der Waals surface area (Å²) in [6.07, 6.45) is 0. The fourth-order valence-electron chi connectivity index (χ4n) is 3.93. The fraction of sp³-hybridized carbons (Fsp3) is 1.00. The second-order valence-electron chi connectivity index (χ2n) is 7.22. The van der Waals surface area contributed by atoms with Gasteiger partial charge in [-0.15, -0.1) is 0 Å². The van der Waals surface area contributed by atoms with E-state index < -0.39 is 0 Å². The van der Waals surface area contributed by atoms with Crippen LogP contribution < -0.4 is 0 Å². The Kier molecular flexibility index (Phi) is 3.41. The molecule has 3 saturated heterocycles. The minimum absolute atomic E-state index is 0.736. The number of fused-ring (bicyclic) bond motifs is 1. The first-order valence-corrected chi connectivity index (χ1v) is 7.76. The molecule has 0 aromatic carbocycles. The molecule has 0 amide bonds. The lowest BCUT2D eigenvalue weighted by Crippen LogP contribution is -2.61. The van der Waals surface area contributed by atoms with Crippen LogP contribution in [0, 0.1) is 11.8 Å². The fourth-order valence-corrected chi connectivity index (χ4v) is 3.93. The van der Waals surface area contributed by atoms with Crippen LogP contribution in [-0.4, -0.2) is 72.1 Å². The molecule has 0 aliphatic carbocycles. The molecule has 0 radical (unpaired) electrons. The van der Waals surface area contributed by atoms with Gasteiger partial charge in [0.25, 0.3) is 0 Å². The summed E-state index contributed by atoms with van der Waals surface area (Å²) in [5.41, 5.74) is 0. The van der Waals surface area contributed by atoms with Crippen molar-refractivity contribution < 1.29 is 0 Å². The molecule has 3 rings (SSSR count). The van der Waals surface area contributed by atoms with Gasteiger partial charge in [-0.05, 0) is 39.5 Å². The van der Waals surface area contributed by atoms with Crippen molar-refractivity contribution in [1.29, 1.82) is 0 Å². The molecule has 0 N–H and O–H groups in total. The van der Waals surface area contributed by atoms with Gasteiger partial charge in [-0.1, -0.05) is 0 Å². The van der Waals surface area contributed by atoms with E-state index in [2.05, 4.69) is 42.4 Å². The first-order chi connectivity index (χ1) is 8.54. The summed E-state index contributed by atoms with van der Waals surface area (Å²) in [4.78, 5) is 8.05. The van der Waals surface area contributed by atoms with Crippen molar-refractivity contribution in [2.75, 3.05) is 39.3 Å². The van der Waals surface area contributed by atoms with Gasteiger partial charge >= 0.3 is 0 Å². The van der Waals surface area contributed by atoms with Crippen LogP contribution in [0.4, 0.5) is 0 Å². The molecule has 18 heavy (non-hydrogen) atoms. The molecule has 3 fully saturated rings. The Hall–Kier alpha value is -0.120. The molecule has 3 heteroatoms. The van der Waals surface area contributed by atoms with Crippen LogP contribution in [0.25, 0.3) is 0 Å². The highest BCUT2D eigenvalue weighted by Gasteiger charge is 2.44. The molecule has 0 bridgehead atoms. The molecular weight excluding hydrogens is 222 g/mol. The van der Waals surface area contributed by atoms with Gasteiger partial charge in [0.05, 0.1) is 0 Å². The summed E-state index contributed by atoms with van der Waals surface area (Å²) in [5.74, 6) is 1.92. The lowest BCUT2D eigenvalue weighted by atomic mass is 10.0. The van der Waals surface area contributed by atoms with Gasteiger partial charge in [0.2, 0.25) is 0 Å². The Morgan fingerprint density at radius 3 is 1.56 bits per heavy atom. The predicted molar refractivity (Wildman–Crippen MR) is 75.8 cm³/mol. The van der Waals surface area contributed by atoms with Crippen molar-refractivity contribution >= 4 is 0 Å². The van der Waals surface area contributed by atoms with Crippen LogP contribution in [0.1, 0.15) is 27.7 Å². The molecule has 0 saturated carbocycles. The summed E-state index contributed by atoms with van der Waals surface area (Å²) < 4.78 is 0. The zero-order valence-corrected chi connectivity index (χ0v) is 12.5. The Balaban J connectivity index is 1.48. The van der Waals surface area contributed by atoms with Crippen LogP contribution in [0.2, 0.25) is 0 Å². The number of likely N-dealkylation sites (tertiary alicyclic amines) is 3. The van der Waals surface area contributed by atoms with E-state index >= 15 is 0 Å². The Morgan fingerprint density at radius 1 is 0.667 bits per heavy atom. The minimum Gasteiger partial charge on any atom is -0.300 e. The first-order valence-electron chi connectivity index (χ1n) is 7.76. The van der Waals surface area contributed by atoms with E-state index in [9.17, 15) is 0 Å². The van der Waals surface area contributed by atoms with Gasteiger partial charge in [-0.2, -0.15) is 0 Å². The van der Waals surface area contributed by atoms with Gasteiger partial charge in [-0.25, -0.2) is 0 Å². The van der Waals surface area contributed by atoms with Crippen molar-refractivity contribution in [3.8, 4) is 0 Å². The van der Waals surface area contributed by atoms with Crippen LogP contribution in [0.5, 0.6) is 0 Å². The van der Waals surface area contributed by atoms with Gasteiger partial charge < -0.3 is 4.90 Å². The third-order valence-corrected chi connectivity index (χ3v) is 5.41. The van der Waals surface area contributed by atoms with Gasteiger partial charge in [0, 0.05) is 57.4 Å². The van der Waals surface area contributed by atoms with Gasteiger partial charge in [0.1, 0.15) is 0 Å². The lowest BCUT2D eigenvalue weighted by molar-refractivity contribution is 0.0200. The second-order valence-corrected chi connectivity index (χ2v) is 7.22. The highest BCUT2D eigenvalue weighted by Crippen LogP contribution is 2.34. The molecule has 3 aliphatic heterocycles. The molecule has 3 aliphatic rings. The van der Waals surface area contributed by atoms with Crippen LogP contribution in [0.3, 0.4) is 0 Å². The molecular formula is C15H29N3. The molecule has 0 aromatic rings. The maximum Gasteiger partial charge on any atom is 0.0350 e. The zero-order valence-electron chi connectivity index (χ0n) is 12.5. The molecule has 104 valence electrons. The summed E-state index contributed by atoms with van der Waals surface area (Å²) >= 11 is 0. The minimum atomic E-state index is 0.736. The summed E-state index contributed by atoms with van der Waals surface area (Å²) in [5, 5.41) is 0. The van der Waals surface area contributed by atoms with Gasteiger partial charge in [-0.3, -0.25) is 9.80 Å². The monoisotopic (exact) mass is 251 g/mol. The van der Waals surface area contributed by atoms with Crippen LogP contribution in [0.15, 0.2) is 0 Å². The van der Waals surface area contributed by atoms with E-state index in [0.29, 0.717) is 0 Å². The van der Waals surface area contributed by atoms with E-state index in [-0.39, 0.29) is 0 Å². The van der Waals surface area contributed by atoms with Crippen molar-refractivity contribution in [3.63, 3.8) is 0 Å². The lowest BCUT2D eigenvalue weighted by Gasteiger charge is -2.46. The topological polar surface area (TPSA) is 9.72 Å². The molecule has 0 spiro atoms. The molecule has 3 heterocycles. The predicted octanol–water partition coefficient (Wildman–Crippen LogP) is 1.35. The van der Waals surface area contributed by atoms with Crippen molar-refractivity contribution in [2.24, 2.45) is 11.8 Å². The van der Waals surface area contributed by atoms with E-state index in [1.54, 1.807) is 0 Å². The highest BCUT2D eigenvalue weighted by molar-refractivity contribution is 4.99. The van der Waals surface area contributed by atoms with Crippen LogP contribution in [-0.2, 0) is 0 Å². The van der Waals surface area contributed by atoms with Crippen LogP contribution >= 0.6 is 0 Å². The smallest absolute Gasteiger partial charge is 0.0350 e. The van der Waals surface area contributed by atoms with Crippen molar-refractivity contribution in [2.45, 2.75) is 45.8 Å². The average Bonchev–Trinajstić information content (AvgIpc) is 2.71. The number of hydrogen-bond acceptors (Lipinski definition) is 3. The zero-order chi connectivity index (χ0) is 12.9. The number of rotatable bonds is 3. The van der Waals surface area contributed by atoms with Crippen molar-refractivity contribution in [3.05, 3.63) is 0 Å². The molecule has 2 atom stereocenters. The Morgan fingerprint density at radius 2 is 1.11 bits per heavy atom. The maximum atomic E-state index is 2.78. The largest absolute Gasteiger partial charge is 0.300 e. The quantitative estimate of drug-likeness (QED) is 0.750. The highest BCUT2D eigenvalue weighted by atomic mass is 15.3. The second kappa shape index (κ2) is 4.77. The van der Waals surface area contributed by atoms with Gasteiger partial charge in [0.15, 0.2) is 0 Å². The van der Waals surface area contributed by atoms with E-state index in [4.69, 9.17) is 0 Å². The average molecular weight is 251 g/mol. The summed E-state index contributed by atoms with van der Waals surface area (Å²) in [7, 11) is 0. The number of hydrogen-bond donors (Lipinski definition) is 0. The Bertz CT molecular complexity index is 282. The molecule has 0 aromatic heterocycles. The number of nitrogens with zero attached hydrogens (tertiary/aromatic N) is 3. The van der Waals surface area contributed by atoms with E-state index in [1.165, 1.54) is 39.3 Å². The first kappa shape index (κ1) is 12.9. The summed E-state index contributed by atoms with van der Waals surface area (Å²) in [6, 6.07) is 2.34.